The number of aromatic amines is 1. The van der Waals surface area contributed by atoms with Crippen molar-refractivity contribution in [3.63, 3.8) is 0 Å². The number of hydrazone groups is 1. The van der Waals surface area contributed by atoms with Crippen LogP contribution in [0.3, 0.4) is 0 Å². The summed E-state index contributed by atoms with van der Waals surface area (Å²) < 4.78 is 10.5. The molecule has 0 spiro atoms. The fourth-order valence-corrected chi connectivity index (χ4v) is 2.60. The SMILES string of the molecule is O=C(CNc1ccc2c(c1)OCO2)N/N=C\c1c[nH]c2ccccc12. The van der Waals surface area contributed by atoms with Crippen LogP contribution >= 0.6 is 0 Å². The number of fused-ring (bicyclic) bond motifs is 2. The van der Waals surface area contributed by atoms with E-state index in [2.05, 4.69) is 20.8 Å². The summed E-state index contributed by atoms with van der Waals surface area (Å²) in [4.78, 5) is 15.0. The molecule has 0 unspecified atom stereocenters. The summed E-state index contributed by atoms with van der Waals surface area (Å²) in [7, 11) is 0. The summed E-state index contributed by atoms with van der Waals surface area (Å²) in [5, 5.41) is 8.08. The molecule has 1 amide bonds. The highest BCUT2D eigenvalue weighted by atomic mass is 16.7. The zero-order valence-electron chi connectivity index (χ0n) is 13.3. The van der Waals surface area contributed by atoms with Crippen molar-refractivity contribution in [2.24, 2.45) is 5.10 Å². The van der Waals surface area contributed by atoms with E-state index in [1.54, 1.807) is 18.3 Å². The smallest absolute Gasteiger partial charge is 0.259 e. The van der Waals surface area contributed by atoms with Gasteiger partial charge in [0.1, 0.15) is 0 Å². The van der Waals surface area contributed by atoms with Crippen LogP contribution in [0.25, 0.3) is 10.9 Å². The first-order valence-corrected chi connectivity index (χ1v) is 7.81. The fourth-order valence-electron chi connectivity index (χ4n) is 2.60. The van der Waals surface area contributed by atoms with Crippen LogP contribution in [0.5, 0.6) is 11.5 Å². The number of nitrogens with zero attached hydrogens (tertiary/aromatic N) is 1. The van der Waals surface area contributed by atoms with Gasteiger partial charge >= 0.3 is 0 Å². The van der Waals surface area contributed by atoms with Crippen molar-refractivity contribution < 1.29 is 14.3 Å². The van der Waals surface area contributed by atoms with E-state index < -0.39 is 0 Å². The molecule has 2 heterocycles. The van der Waals surface area contributed by atoms with Crippen LogP contribution in [0.4, 0.5) is 5.69 Å². The molecule has 3 N–H and O–H groups in total. The Hall–Kier alpha value is -3.48. The first-order valence-electron chi connectivity index (χ1n) is 7.81. The zero-order chi connectivity index (χ0) is 17.1. The Morgan fingerprint density at radius 2 is 2.08 bits per heavy atom. The Labute approximate surface area is 143 Å². The van der Waals surface area contributed by atoms with E-state index >= 15 is 0 Å². The van der Waals surface area contributed by atoms with E-state index in [0.717, 1.165) is 22.2 Å². The van der Waals surface area contributed by atoms with E-state index in [9.17, 15) is 4.79 Å². The number of anilines is 1. The summed E-state index contributed by atoms with van der Waals surface area (Å²) in [6, 6.07) is 13.3. The number of carbonyl (C=O) groups excluding carboxylic acids is 1. The molecule has 4 rings (SSSR count). The molecule has 126 valence electrons. The number of aromatic nitrogens is 1. The van der Waals surface area contributed by atoms with Crippen molar-refractivity contribution in [1.29, 1.82) is 0 Å². The third kappa shape index (κ3) is 3.25. The lowest BCUT2D eigenvalue weighted by atomic mass is 10.2. The van der Waals surface area contributed by atoms with Gasteiger partial charge in [-0.15, -0.1) is 0 Å². The van der Waals surface area contributed by atoms with Crippen molar-refractivity contribution in [3.05, 3.63) is 54.2 Å². The highest BCUT2D eigenvalue weighted by Gasteiger charge is 2.13. The van der Waals surface area contributed by atoms with Gasteiger partial charge < -0.3 is 19.8 Å². The van der Waals surface area contributed by atoms with Crippen LogP contribution in [-0.2, 0) is 4.79 Å². The minimum Gasteiger partial charge on any atom is -0.454 e. The Morgan fingerprint density at radius 3 is 3.04 bits per heavy atom. The third-order valence-electron chi connectivity index (χ3n) is 3.84. The summed E-state index contributed by atoms with van der Waals surface area (Å²) >= 11 is 0. The van der Waals surface area contributed by atoms with Gasteiger partial charge in [0, 0.05) is 34.4 Å². The van der Waals surface area contributed by atoms with Crippen LogP contribution in [0.2, 0.25) is 0 Å². The molecule has 25 heavy (non-hydrogen) atoms. The number of ether oxygens (including phenoxy) is 2. The molecule has 0 saturated heterocycles. The minimum atomic E-state index is -0.242. The highest BCUT2D eigenvalue weighted by molar-refractivity contribution is 5.99. The Bertz CT molecular complexity index is 948. The van der Waals surface area contributed by atoms with Crippen molar-refractivity contribution in [2.45, 2.75) is 0 Å². The Balaban J connectivity index is 1.32. The Kier molecular flexibility index (Phi) is 3.96. The molecule has 0 atom stereocenters. The second-order valence-electron chi connectivity index (χ2n) is 5.50. The predicted molar refractivity (Wildman–Crippen MR) is 95.1 cm³/mol. The molecule has 0 saturated carbocycles. The van der Waals surface area contributed by atoms with E-state index in [4.69, 9.17) is 9.47 Å². The molecule has 0 fully saturated rings. The van der Waals surface area contributed by atoms with Gasteiger partial charge in [0.15, 0.2) is 11.5 Å². The van der Waals surface area contributed by atoms with Crippen molar-refractivity contribution in [2.75, 3.05) is 18.7 Å². The lowest BCUT2D eigenvalue weighted by Gasteiger charge is -2.06. The van der Waals surface area contributed by atoms with E-state index in [-0.39, 0.29) is 19.2 Å². The molecule has 1 aliphatic rings. The molecule has 0 bridgehead atoms. The number of nitrogens with one attached hydrogen (secondary N) is 3. The monoisotopic (exact) mass is 336 g/mol. The maximum atomic E-state index is 11.9. The van der Waals surface area contributed by atoms with Crippen LogP contribution in [0, 0.1) is 0 Å². The van der Waals surface area contributed by atoms with Crippen LogP contribution < -0.4 is 20.2 Å². The first kappa shape index (κ1) is 15.1. The zero-order valence-corrected chi connectivity index (χ0v) is 13.3. The maximum absolute atomic E-state index is 11.9. The van der Waals surface area contributed by atoms with Gasteiger partial charge in [-0.05, 0) is 18.2 Å². The van der Waals surface area contributed by atoms with Gasteiger partial charge in [-0.3, -0.25) is 4.79 Å². The number of hydrogen-bond acceptors (Lipinski definition) is 5. The van der Waals surface area contributed by atoms with Crippen LogP contribution in [-0.4, -0.2) is 30.4 Å². The normalized spacial score (nSPS) is 12.6. The molecule has 1 aliphatic heterocycles. The number of rotatable bonds is 5. The second kappa shape index (κ2) is 6.56. The topological polar surface area (TPSA) is 87.7 Å². The number of benzene rings is 2. The highest BCUT2D eigenvalue weighted by Crippen LogP contribution is 2.34. The summed E-state index contributed by atoms with van der Waals surface area (Å²) in [5.41, 5.74) is 5.23. The van der Waals surface area contributed by atoms with E-state index in [0.29, 0.717) is 11.5 Å². The van der Waals surface area contributed by atoms with Crippen molar-refractivity contribution in [3.8, 4) is 11.5 Å². The van der Waals surface area contributed by atoms with Crippen molar-refractivity contribution >= 4 is 28.7 Å². The summed E-state index contributed by atoms with van der Waals surface area (Å²) in [6.45, 7) is 0.326. The molecule has 0 radical (unpaired) electrons. The minimum absolute atomic E-state index is 0.102. The fraction of sp³-hybridized carbons (Fsp3) is 0.111. The summed E-state index contributed by atoms with van der Waals surface area (Å²) in [6.07, 6.45) is 3.47. The maximum Gasteiger partial charge on any atom is 0.259 e. The average molecular weight is 336 g/mol. The van der Waals surface area contributed by atoms with Crippen LogP contribution in [0.1, 0.15) is 5.56 Å². The number of H-pyrrole nitrogens is 1. The van der Waals surface area contributed by atoms with Gasteiger partial charge in [-0.2, -0.15) is 5.10 Å². The first-order chi connectivity index (χ1) is 12.3. The van der Waals surface area contributed by atoms with E-state index in [1.165, 1.54) is 0 Å². The van der Waals surface area contributed by atoms with Gasteiger partial charge in [-0.25, -0.2) is 5.43 Å². The predicted octanol–water partition coefficient (Wildman–Crippen LogP) is 2.46. The molecular formula is C18H16N4O3. The molecule has 2 aromatic carbocycles. The molecule has 0 aliphatic carbocycles. The molecule has 7 nitrogen and oxygen atoms in total. The molecular weight excluding hydrogens is 320 g/mol. The van der Waals surface area contributed by atoms with Crippen LogP contribution in [0.15, 0.2) is 53.8 Å². The van der Waals surface area contributed by atoms with Gasteiger partial charge in [-0.1, -0.05) is 18.2 Å². The third-order valence-corrected chi connectivity index (χ3v) is 3.84. The van der Waals surface area contributed by atoms with Gasteiger partial charge in [0.25, 0.3) is 5.91 Å². The van der Waals surface area contributed by atoms with Gasteiger partial charge in [0.05, 0.1) is 12.8 Å². The van der Waals surface area contributed by atoms with E-state index in [1.807, 2.05) is 36.5 Å². The lowest BCUT2D eigenvalue weighted by molar-refractivity contribution is -0.119. The number of para-hydroxylation sites is 1. The quantitative estimate of drug-likeness (QED) is 0.493. The molecule has 1 aromatic heterocycles. The molecule has 3 aromatic rings. The largest absolute Gasteiger partial charge is 0.454 e. The molecule has 7 heteroatoms. The number of hydrogen-bond donors (Lipinski definition) is 3. The average Bonchev–Trinajstić information content (AvgIpc) is 3.26. The van der Waals surface area contributed by atoms with Gasteiger partial charge in [0.2, 0.25) is 6.79 Å². The summed E-state index contributed by atoms with van der Waals surface area (Å²) in [5.74, 6) is 1.13. The lowest BCUT2D eigenvalue weighted by Crippen LogP contribution is -2.25. The second-order valence-corrected chi connectivity index (χ2v) is 5.50. The standard InChI is InChI=1S/C18H16N4O3/c23-18(10-19-13-5-6-16-17(7-13)25-11-24-16)22-21-9-12-8-20-15-4-2-1-3-14(12)15/h1-9,19-20H,10-11H2,(H,22,23)/b21-9-. The number of amides is 1. The number of carbonyl (C=O) groups is 1. The van der Waals surface area contributed by atoms with Crippen molar-refractivity contribution in [1.82, 2.24) is 10.4 Å². The Morgan fingerprint density at radius 1 is 1.20 bits per heavy atom.